The Morgan fingerprint density at radius 2 is 1.83 bits per heavy atom. The van der Waals surface area contributed by atoms with Crippen molar-refractivity contribution in [3.8, 4) is 0 Å². The van der Waals surface area contributed by atoms with Gasteiger partial charge in [0.1, 0.15) is 6.10 Å². The van der Waals surface area contributed by atoms with Crippen LogP contribution in [0.5, 0.6) is 0 Å². The number of Topliss-reactive ketones (excluding diaryl/α,β-unsaturated/α-hetero) is 1. The van der Waals surface area contributed by atoms with Gasteiger partial charge >= 0.3 is 0 Å². The van der Waals surface area contributed by atoms with Crippen LogP contribution in [0.2, 0.25) is 0 Å². The number of rotatable bonds is 0. The largest absolute Gasteiger partial charge is 0.381 e. The molecule has 1 N–H and O–H groups in total. The van der Waals surface area contributed by atoms with Gasteiger partial charge in [-0.05, 0) is 68.1 Å². The van der Waals surface area contributed by atoms with Gasteiger partial charge in [0.05, 0.1) is 0 Å². The van der Waals surface area contributed by atoms with Crippen molar-refractivity contribution in [3.05, 3.63) is 34.9 Å². The van der Waals surface area contributed by atoms with E-state index in [2.05, 4.69) is 19.9 Å². The summed E-state index contributed by atoms with van der Waals surface area (Å²) in [6, 6.07) is 0. The number of ketones is 2. The maximum Gasteiger partial charge on any atom is 0.188 e. The molecule has 0 aromatic heterocycles. The Hall–Kier alpha value is -1.48. The highest BCUT2D eigenvalue weighted by Crippen LogP contribution is 2.61. The smallest absolute Gasteiger partial charge is 0.188 e. The van der Waals surface area contributed by atoms with Crippen LogP contribution in [-0.4, -0.2) is 22.8 Å². The second-order valence-electron chi connectivity index (χ2n) is 7.71. The van der Waals surface area contributed by atoms with Gasteiger partial charge in [0, 0.05) is 6.42 Å². The van der Waals surface area contributed by atoms with Gasteiger partial charge in [0.2, 0.25) is 0 Å². The van der Waals surface area contributed by atoms with Gasteiger partial charge in [-0.2, -0.15) is 0 Å². The van der Waals surface area contributed by atoms with Crippen LogP contribution in [0.3, 0.4) is 0 Å². The lowest BCUT2D eigenvalue weighted by Gasteiger charge is -2.10. The zero-order valence-corrected chi connectivity index (χ0v) is 14.8. The highest BCUT2D eigenvalue weighted by molar-refractivity contribution is 5.97. The fourth-order valence-electron chi connectivity index (χ4n) is 3.56. The van der Waals surface area contributed by atoms with Gasteiger partial charge in [-0.15, -0.1) is 0 Å². The second-order valence-corrected chi connectivity index (χ2v) is 7.71. The number of allylic oxidation sites excluding steroid dienone is 4. The average Bonchev–Trinajstić information content (AvgIpc) is 3.00. The van der Waals surface area contributed by atoms with Crippen LogP contribution >= 0.6 is 0 Å². The van der Waals surface area contributed by atoms with E-state index in [1.165, 1.54) is 0 Å². The summed E-state index contributed by atoms with van der Waals surface area (Å²) in [4.78, 5) is 24.4. The molecule has 3 nitrogen and oxygen atoms in total. The molecule has 0 amide bonds. The summed E-state index contributed by atoms with van der Waals surface area (Å²) in [5, 5.41) is 10.1. The van der Waals surface area contributed by atoms with Crippen LogP contribution in [-0.2, 0) is 9.59 Å². The van der Waals surface area contributed by atoms with Gasteiger partial charge in [0.15, 0.2) is 11.6 Å². The number of hydrogen-bond acceptors (Lipinski definition) is 3. The second kappa shape index (κ2) is 6.56. The molecular weight excluding hydrogens is 288 g/mol. The van der Waals surface area contributed by atoms with Crippen molar-refractivity contribution in [2.75, 3.05) is 0 Å². The third-order valence-corrected chi connectivity index (χ3v) is 5.56. The van der Waals surface area contributed by atoms with Crippen LogP contribution in [0.25, 0.3) is 0 Å². The molecule has 0 heterocycles. The highest BCUT2D eigenvalue weighted by Gasteiger charge is 2.55. The molecule has 0 aliphatic heterocycles. The molecule has 2 aliphatic rings. The molecule has 0 unspecified atom stereocenters. The van der Waals surface area contributed by atoms with E-state index >= 15 is 0 Å². The molecule has 0 aromatic carbocycles. The summed E-state index contributed by atoms with van der Waals surface area (Å²) < 4.78 is 0. The number of hydrogen-bond donors (Lipinski definition) is 1. The first-order valence-electron chi connectivity index (χ1n) is 8.42. The van der Waals surface area contributed by atoms with Crippen molar-refractivity contribution in [3.63, 3.8) is 0 Å². The number of carbonyl (C=O) groups excluding carboxylic acids is 2. The topological polar surface area (TPSA) is 54.4 Å². The predicted molar refractivity (Wildman–Crippen MR) is 91.9 cm³/mol. The van der Waals surface area contributed by atoms with Crippen molar-refractivity contribution in [2.24, 2.45) is 17.3 Å². The summed E-state index contributed by atoms with van der Waals surface area (Å²) in [6.45, 7) is 10.0. The molecule has 126 valence electrons. The summed E-state index contributed by atoms with van der Waals surface area (Å²) in [5.41, 5.74) is 2.57. The molecule has 3 atom stereocenters. The average molecular weight is 316 g/mol. The Morgan fingerprint density at radius 3 is 2.48 bits per heavy atom. The van der Waals surface area contributed by atoms with Crippen LogP contribution in [0, 0.1) is 17.3 Å². The van der Waals surface area contributed by atoms with Gasteiger partial charge in [-0.3, -0.25) is 9.59 Å². The molecule has 0 radical (unpaired) electrons. The van der Waals surface area contributed by atoms with E-state index in [0.717, 1.165) is 24.0 Å². The maximum atomic E-state index is 12.3. The lowest BCUT2D eigenvalue weighted by molar-refractivity contribution is -0.120. The molecule has 3 heteroatoms. The first-order valence-corrected chi connectivity index (χ1v) is 8.42. The standard InChI is InChI=1S/C20H28O3/c1-12-6-8-15-16(20(15,4)5)11-14(3)17(21)9-7-13(2)19(23)18(22)10-12/h7,10-11,15-16,19,23H,6,8-9H2,1-5H3/b12-10-,13-7+,14-11+/t15-,16+,19-/m1/s1. The van der Waals surface area contributed by atoms with E-state index in [4.69, 9.17) is 0 Å². The highest BCUT2D eigenvalue weighted by atomic mass is 16.3. The quantitative estimate of drug-likeness (QED) is 0.692. The van der Waals surface area contributed by atoms with Gasteiger partial charge in [-0.1, -0.05) is 31.6 Å². The minimum atomic E-state index is -1.14. The predicted octanol–water partition coefficient (Wildman–Crippen LogP) is 3.78. The van der Waals surface area contributed by atoms with Crippen molar-refractivity contribution < 1.29 is 14.7 Å². The Morgan fingerprint density at radius 1 is 1.17 bits per heavy atom. The van der Waals surface area contributed by atoms with Gasteiger partial charge in [0.25, 0.3) is 0 Å². The monoisotopic (exact) mass is 316 g/mol. The summed E-state index contributed by atoms with van der Waals surface area (Å²) in [6.07, 6.45) is 6.31. The zero-order valence-electron chi connectivity index (χ0n) is 14.8. The lowest BCUT2D eigenvalue weighted by Crippen LogP contribution is -2.20. The Labute approximate surface area is 139 Å². The van der Waals surface area contributed by atoms with E-state index < -0.39 is 6.10 Å². The van der Waals surface area contributed by atoms with Crippen LogP contribution in [0.15, 0.2) is 34.9 Å². The molecule has 0 spiro atoms. The number of fused-ring (bicyclic) bond motifs is 1. The Balaban J connectivity index is 2.30. The molecule has 2 aliphatic carbocycles. The van der Waals surface area contributed by atoms with Gasteiger partial charge in [-0.25, -0.2) is 0 Å². The zero-order chi connectivity index (χ0) is 17.4. The molecule has 2 rings (SSSR count). The van der Waals surface area contributed by atoms with Crippen molar-refractivity contribution in [1.82, 2.24) is 0 Å². The molecule has 0 saturated heterocycles. The first-order chi connectivity index (χ1) is 10.6. The minimum Gasteiger partial charge on any atom is -0.381 e. The van der Waals surface area contributed by atoms with E-state index in [1.807, 2.05) is 13.8 Å². The SMILES string of the molecule is C/C1=C/C(=O)[C@H](O)/C(C)=C/CC(=O)/C(C)=C/[C@H]2[C@@H](CC1)C2(C)C. The van der Waals surface area contributed by atoms with E-state index in [9.17, 15) is 14.7 Å². The first kappa shape index (κ1) is 17.9. The van der Waals surface area contributed by atoms with Crippen molar-refractivity contribution >= 4 is 11.6 Å². The lowest BCUT2D eigenvalue weighted by atomic mass is 9.99. The molecule has 1 saturated carbocycles. The fourth-order valence-corrected chi connectivity index (χ4v) is 3.56. The van der Waals surface area contributed by atoms with E-state index in [-0.39, 0.29) is 23.4 Å². The van der Waals surface area contributed by atoms with Crippen molar-refractivity contribution in [2.45, 2.75) is 60.0 Å². The molecular formula is C20H28O3. The molecule has 0 aromatic rings. The Kier molecular flexibility index (Phi) is 5.10. The van der Waals surface area contributed by atoms with Crippen LogP contribution < -0.4 is 0 Å². The number of aliphatic hydroxyl groups is 1. The fraction of sp³-hybridized carbons (Fsp3) is 0.600. The minimum absolute atomic E-state index is 0.0641. The Bertz CT molecular complexity index is 604. The normalized spacial score (nSPS) is 39.0. The summed E-state index contributed by atoms with van der Waals surface area (Å²) >= 11 is 0. The summed E-state index contributed by atoms with van der Waals surface area (Å²) in [5.74, 6) is 0.760. The van der Waals surface area contributed by atoms with E-state index in [0.29, 0.717) is 17.4 Å². The van der Waals surface area contributed by atoms with Crippen molar-refractivity contribution in [1.29, 1.82) is 0 Å². The maximum absolute atomic E-state index is 12.3. The number of aliphatic hydroxyl groups excluding tert-OH is 1. The third-order valence-electron chi connectivity index (χ3n) is 5.56. The summed E-state index contributed by atoms with van der Waals surface area (Å²) in [7, 11) is 0. The number of carbonyl (C=O) groups is 2. The van der Waals surface area contributed by atoms with Gasteiger partial charge < -0.3 is 5.11 Å². The van der Waals surface area contributed by atoms with Crippen LogP contribution in [0.1, 0.15) is 53.9 Å². The molecule has 0 bridgehead atoms. The van der Waals surface area contributed by atoms with Crippen LogP contribution in [0.4, 0.5) is 0 Å². The molecule has 1 fully saturated rings. The van der Waals surface area contributed by atoms with E-state index in [1.54, 1.807) is 19.1 Å². The molecule has 23 heavy (non-hydrogen) atoms. The third kappa shape index (κ3) is 3.89.